The van der Waals surface area contributed by atoms with Gasteiger partial charge in [0, 0.05) is 52.4 Å². The van der Waals surface area contributed by atoms with Gasteiger partial charge in [-0.3, -0.25) is 19.9 Å². The molecule has 12 aromatic rings. The van der Waals surface area contributed by atoms with E-state index in [0.29, 0.717) is 46.0 Å². The molecule has 704 valence electrons. The highest BCUT2D eigenvalue weighted by Gasteiger charge is 2.40. The molecule has 0 amide bonds. The second-order valence-corrected chi connectivity index (χ2v) is 39.4. The number of nitrogens with zero attached hydrogens (tertiary/aromatic N) is 8. The zero-order chi connectivity index (χ0) is 96.0. The molecular weight excluding hydrogens is 1790 g/mol. The van der Waals surface area contributed by atoms with Gasteiger partial charge >= 0.3 is 0 Å². The van der Waals surface area contributed by atoms with Gasteiger partial charge in [0.15, 0.2) is 0 Å². The number of hydrogen-bond donors (Lipinski definition) is 4. The number of ether oxygens (including phenoxy) is 8. The molecule has 4 N–H and O–H groups in total. The van der Waals surface area contributed by atoms with Gasteiger partial charge in [-0.2, -0.15) is 17.2 Å². The first-order valence-electron chi connectivity index (χ1n) is 41.1. The van der Waals surface area contributed by atoms with Crippen LogP contribution in [0.15, 0.2) is 267 Å². The fourth-order valence-corrected chi connectivity index (χ4v) is 19.6. The molecule has 0 aliphatic rings. The van der Waals surface area contributed by atoms with Crippen LogP contribution in [0.3, 0.4) is 0 Å². The van der Waals surface area contributed by atoms with E-state index in [1.54, 1.807) is 251 Å². The Morgan fingerprint density at radius 3 is 0.447 bits per heavy atom. The number of pyridine rings is 4. The molecule has 4 heterocycles. The van der Waals surface area contributed by atoms with E-state index in [0.717, 1.165) is 93.6 Å². The quantitative estimate of drug-likeness (QED) is 0.0259. The van der Waals surface area contributed by atoms with Gasteiger partial charge in [-0.1, -0.05) is 97.1 Å². The third-order valence-corrected chi connectivity index (χ3v) is 30.2. The van der Waals surface area contributed by atoms with Crippen molar-refractivity contribution in [1.29, 1.82) is 0 Å². The average molecular weight is 1900 g/mol. The number of methoxy groups -OCH3 is 8. The molecule has 0 fully saturated rings. The monoisotopic (exact) mass is 1900 g/mol. The summed E-state index contributed by atoms with van der Waals surface area (Å²) in [6, 6.07) is 66.4. The van der Waals surface area contributed by atoms with Gasteiger partial charge in [0.25, 0.3) is 0 Å². The van der Waals surface area contributed by atoms with Crippen LogP contribution in [0, 0.1) is 23.3 Å². The van der Waals surface area contributed by atoms with Crippen LogP contribution in [0.5, 0.6) is 46.0 Å². The van der Waals surface area contributed by atoms with E-state index in [-0.39, 0.29) is 75.1 Å². The van der Waals surface area contributed by atoms with Gasteiger partial charge in [-0.15, -0.1) is 0 Å². The molecule has 0 unspecified atom stereocenters. The Balaban J connectivity index is 0.000000198. The van der Waals surface area contributed by atoms with E-state index >= 15 is 0 Å². The number of aliphatic hydroxyl groups is 4. The van der Waals surface area contributed by atoms with Crippen LogP contribution < -0.4 is 37.9 Å². The lowest BCUT2D eigenvalue weighted by Gasteiger charge is -2.28. The van der Waals surface area contributed by atoms with Crippen LogP contribution in [0.25, 0.3) is 0 Å². The van der Waals surface area contributed by atoms with Crippen LogP contribution in [0.2, 0.25) is 0 Å². The zero-order valence-corrected chi connectivity index (χ0v) is 78.0. The molecule has 28 nitrogen and oxygen atoms in total. The van der Waals surface area contributed by atoms with E-state index in [2.05, 4.69) is 19.9 Å². The summed E-state index contributed by atoms with van der Waals surface area (Å²) in [7, 11) is -3.54. The number of benzene rings is 8. The van der Waals surface area contributed by atoms with E-state index in [1.165, 1.54) is 69.2 Å². The maximum atomic E-state index is 13.6. The summed E-state index contributed by atoms with van der Waals surface area (Å²) >= 11 is 0. The van der Waals surface area contributed by atoms with E-state index in [9.17, 15) is 71.7 Å². The molecule has 4 aromatic heterocycles. The Hall–Kier alpha value is -12.0. The molecule has 0 radical (unpaired) electrons. The molecule has 132 heavy (non-hydrogen) atoms. The first kappa shape index (κ1) is 104. The summed E-state index contributed by atoms with van der Waals surface area (Å²) in [5.74, 6) is 3.02. The number of sulfonamides is 4. The SMILES string of the molecule is COc1ccc(CN(Cc2ccc(OC)cc2)S(=O)(=O)[C@@H](C)[C@@H](O)c2ccc(F)cn2)cc1.COc1ccc(CN(Cc2ccc(OC)cc2)S(=O)(=O)[C@@H](C)[C@H](O)c2ccc(F)cn2)cc1.COc1ccc(CN(Cc2ccc(OC)cc2)S(=O)(=O)[C@H](C)[C@@H](O)c2ccc(F)cn2)cc1.COc1ccc(CN(Cc2ccc(OC)cc2)S(=O)(=O)[C@H](C)[C@H](O)c2ccc(F)cn2)cc1. The molecule has 0 aliphatic carbocycles. The fourth-order valence-electron chi connectivity index (χ4n) is 13.2. The molecule has 0 aliphatic heterocycles. The zero-order valence-electron chi connectivity index (χ0n) is 74.7. The van der Waals surface area contributed by atoms with Gasteiger partial charge in [0.2, 0.25) is 40.1 Å². The molecule has 36 heteroatoms. The van der Waals surface area contributed by atoms with Gasteiger partial charge < -0.3 is 58.3 Å². The molecular formula is C96H108F4N8O20S4. The van der Waals surface area contributed by atoms with Crippen molar-refractivity contribution in [2.45, 2.75) is 125 Å². The maximum Gasteiger partial charge on any atom is 0.220 e. The van der Waals surface area contributed by atoms with Crippen LogP contribution in [0.4, 0.5) is 17.6 Å². The van der Waals surface area contributed by atoms with Crippen LogP contribution in [-0.4, -0.2) is 169 Å². The van der Waals surface area contributed by atoms with Crippen molar-refractivity contribution in [2.24, 2.45) is 0 Å². The van der Waals surface area contributed by atoms with Crippen molar-refractivity contribution in [3.8, 4) is 46.0 Å². The predicted octanol–water partition coefficient (Wildman–Crippen LogP) is 14.8. The van der Waals surface area contributed by atoms with Crippen LogP contribution in [-0.2, 0) is 92.5 Å². The minimum absolute atomic E-state index is 0.0846. The van der Waals surface area contributed by atoms with Gasteiger partial charge in [-0.25, -0.2) is 51.2 Å². The van der Waals surface area contributed by atoms with Crippen molar-refractivity contribution in [1.82, 2.24) is 37.2 Å². The van der Waals surface area contributed by atoms with E-state index < -0.39 is 109 Å². The Bertz CT molecular complexity index is 5100. The lowest BCUT2D eigenvalue weighted by atomic mass is 10.2. The fraction of sp³-hybridized carbons (Fsp3) is 0.292. The van der Waals surface area contributed by atoms with Gasteiger partial charge in [0.05, 0.1) is 104 Å². The lowest BCUT2D eigenvalue weighted by molar-refractivity contribution is 0.167. The van der Waals surface area contributed by atoms with Crippen molar-refractivity contribution in [3.05, 3.63) is 358 Å². The predicted molar refractivity (Wildman–Crippen MR) is 491 cm³/mol. The van der Waals surface area contributed by atoms with Crippen molar-refractivity contribution < 1.29 is 110 Å². The number of hydrogen-bond acceptors (Lipinski definition) is 24. The third-order valence-electron chi connectivity index (χ3n) is 21.5. The van der Waals surface area contributed by atoms with E-state index in [4.69, 9.17) is 37.9 Å². The Kier molecular flexibility index (Phi) is 38.4. The minimum Gasteiger partial charge on any atom is -0.497 e. The van der Waals surface area contributed by atoms with Crippen LogP contribution in [0.1, 0.15) is 119 Å². The summed E-state index contributed by atoms with van der Waals surface area (Å²) in [6.45, 7) is 6.38. The molecule has 8 aromatic carbocycles. The minimum atomic E-state index is -4.00. The molecule has 0 saturated heterocycles. The smallest absolute Gasteiger partial charge is 0.220 e. The highest BCUT2D eigenvalue weighted by Crippen LogP contribution is 2.34. The van der Waals surface area contributed by atoms with Crippen molar-refractivity contribution in [3.63, 3.8) is 0 Å². The van der Waals surface area contributed by atoms with Crippen LogP contribution >= 0.6 is 0 Å². The molecule has 0 bridgehead atoms. The summed E-state index contributed by atoms with van der Waals surface area (Å²) < 4.78 is 208. The van der Waals surface area contributed by atoms with Gasteiger partial charge in [0.1, 0.15) is 115 Å². The second-order valence-electron chi connectivity index (χ2n) is 30.2. The van der Waals surface area contributed by atoms with E-state index in [1.807, 2.05) is 0 Å². The Morgan fingerprint density at radius 1 is 0.227 bits per heavy atom. The normalized spacial score (nSPS) is 13.5. The van der Waals surface area contributed by atoms with Crippen molar-refractivity contribution >= 4 is 40.1 Å². The third kappa shape index (κ3) is 29.0. The van der Waals surface area contributed by atoms with Gasteiger partial charge in [-0.05, 0) is 218 Å². The first-order chi connectivity index (χ1) is 63.0. The number of rotatable bonds is 40. The topological polar surface area (TPSA) is 356 Å². The molecule has 8 atom stereocenters. The van der Waals surface area contributed by atoms with Crippen molar-refractivity contribution in [2.75, 3.05) is 56.9 Å². The number of aliphatic hydroxyl groups excluding tert-OH is 4. The summed E-state index contributed by atoms with van der Waals surface area (Å²) in [6.07, 6.45) is -1.91. The standard InChI is InChI=1S/4C24H27FN2O5S/c4*1-17(24(28)23-13-8-20(25)14-26-23)33(29,30)27(15-18-4-9-21(31-2)10-5-18)16-19-6-11-22(32-3)12-7-19/h4*4-14,17,24,28H,15-16H2,1-3H3/t2*17-,24+;2*17-,24-/m1010/s1. The lowest BCUT2D eigenvalue weighted by Crippen LogP contribution is -2.39. The Labute approximate surface area is 768 Å². The first-order valence-corrected chi connectivity index (χ1v) is 47.2. The highest BCUT2D eigenvalue weighted by atomic mass is 32.2. The summed E-state index contributed by atoms with van der Waals surface area (Å²) in [5, 5.41) is 38.0. The maximum absolute atomic E-state index is 13.6. The highest BCUT2D eigenvalue weighted by molar-refractivity contribution is 7.90. The molecule has 0 spiro atoms. The number of aromatic nitrogens is 4. The summed E-state index contributed by atoms with van der Waals surface area (Å²) in [5.41, 5.74) is 6.41. The number of halogens is 4. The average Bonchev–Trinajstić information content (AvgIpc) is 0.807. The Morgan fingerprint density at radius 2 is 0.348 bits per heavy atom. The molecule has 0 saturated carbocycles. The second kappa shape index (κ2) is 48.9. The largest absolute Gasteiger partial charge is 0.497 e. The summed E-state index contributed by atoms with van der Waals surface area (Å²) in [4.78, 5) is 15.4. The molecule has 12 rings (SSSR count).